The molecule has 0 saturated carbocycles. The lowest BCUT2D eigenvalue weighted by atomic mass is 10.1. The maximum Gasteiger partial charge on any atom is 0.118 e. The molecule has 1 fully saturated rings. The van der Waals surface area contributed by atoms with E-state index < -0.39 is 0 Å². The molecule has 0 spiro atoms. The van der Waals surface area contributed by atoms with Crippen molar-refractivity contribution in [2.45, 2.75) is 19.6 Å². The second-order valence-electron chi connectivity index (χ2n) is 6.02. The third kappa shape index (κ3) is 4.14. The van der Waals surface area contributed by atoms with Crippen molar-refractivity contribution in [2.24, 2.45) is 0 Å². The van der Waals surface area contributed by atoms with Gasteiger partial charge in [0.25, 0.3) is 0 Å². The summed E-state index contributed by atoms with van der Waals surface area (Å²) < 4.78 is 11.0. The van der Waals surface area contributed by atoms with E-state index in [4.69, 9.17) is 9.47 Å². The van der Waals surface area contributed by atoms with Gasteiger partial charge < -0.3 is 14.8 Å². The number of hydrogen-bond donors (Lipinski definition) is 2. The first kappa shape index (κ1) is 17.0. The number of likely N-dealkylation sites (N-methyl/N-ethyl adjacent to an activating group) is 1. The van der Waals surface area contributed by atoms with Gasteiger partial charge in [-0.25, -0.2) is 0 Å². The number of nitrogens with zero attached hydrogens (tertiary/aromatic N) is 2. The second kappa shape index (κ2) is 8.28. The summed E-state index contributed by atoms with van der Waals surface area (Å²) in [4.78, 5) is 2.43. The fraction of sp³-hybridized carbons (Fsp3) is 0.500. The topological polar surface area (TPSA) is 62.4 Å². The number of aromatic nitrogens is 2. The molecule has 2 aromatic rings. The lowest BCUT2D eigenvalue weighted by Gasteiger charge is -2.32. The monoisotopic (exact) mass is 330 g/mol. The van der Waals surface area contributed by atoms with E-state index in [1.54, 1.807) is 7.11 Å². The van der Waals surface area contributed by atoms with Gasteiger partial charge in [-0.3, -0.25) is 10.00 Å². The Balaban J connectivity index is 1.55. The summed E-state index contributed by atoms with van der Waals surface area (Å²) in [5.41, 5.74) is 3.31. The Labute approximate surface area is 143 Å². The molecule has 2 heterocycles. The summed E-state index contributed by atoms with van der Waals surface area (Å²) in [6.45, 7) is 7.76. The van der Waals surface area contributed by atoms with Crippen LogP contribution in [0.4, 0.5) is 0 Å². The Kier molecular flexibility index (Phi) is 5.85. The highest BCUT2D eigenvalue weighted by Gasteiger charge is 2.19. The van der Waals surface area contributed by atoms with Crippen LogP contribution in [0, 0.1) is 0 Å². The summed E-state index contributed by atoms with van der Waals surface area (Å²) in [5.74, 6) is 0.855. The molecule has 1 aliphatic heterocycles. The first-order chi connectivity index (χ1) is 11.8. The predicted octanol–water partition coefficient (Wildman–Crippen LogP) is 1.90. The molecular weight excluding hydrogens is 304 g/mol. The van der Waals surface area contributed by atoms with Crippen LogP contribution in [0.3, 0.4) is 0 Å². The SMILES string of the molecule is CCN1CCOC(CNCc2cn[nH]c2-c2ccc(OC)cc2)C1. The third-order valence-electron chi connectivity index (χ3n) is 4.45. The van der Waals surface area contributed by atoms with Gasteiger partial charge in [-0.1, -0.05) is 6.92 Å². The standard InChI is InChI=1S/C18H26N4O2/c1-3-22-8-9-24-17(13-22)12-19-10-15-11-20-21-18(15)14-4-6-16(23-2)7-5-14/h4-7,11,17,19H,3,8-10,12-13H2,1-2H3,(H,20,21). The van der Waals surface area contributed by atoms with Crippen molar-refractivity contribution in [1.29, 1.82) is 0 Å². The number of benzene rings is 1. The van der Waals surface area contributed by atoms with Gasteiger partial charge in [-0.15, -0.1) is 0 Å². The first-order valence-corrected chi connectivity index (χ1v) is 8.51. The third-order valence-corrected chi connectivity index (χ3v) is 4.45. The first-order valence-electron chi connectivity index (χ1n) is 8.51. The number of hydrogen-bond acceptors (Lipinski definition) is 5. The summed E-state index contributed by atoms with van der Waals surface area (Å²) in [5, 5.41) is 10.8. The number of nitrogens with one attached hydrogen (secondary N) is 2. The maximum atomic E-state index is 5.83. The predicted molar refractivity (Wildman–Crippen MR) is 94.1 cm³/mol. The van der Waals surface area contributed by atoms with Crippen LogP contribution in [-0.2, 0) is 11.3 Å². The van der Waals surface area contributed by atoms with Crippen LogP contribution >= 0.6 is 0 Å². The highest BCUT2D eigenvalue weighted by atomic mass is 16.5. The Morgan fingerprint density at radius 1 is 1.38 bits per heavy atom. The molecule has 3 rings (SSSR count). The van der Waals surface area contributed by atoms with E-state index >= 15 is 0 Å². The van der Waals surface area contributed by atoms with Crippen molar-refractivity contribution < 1.29 is 9.47 Å². The molecule has 0 radical (unpaired) electrons. The van der Waals surface area contributed by atoms with Crippen molar-refractivity contribution in [3.63, 3.8) is 0 Å². The number of aromatic amines is 1. The number of methoxy groups -OCH3 is 1. The molecule has 0 aliphatic carbocycles. The van der Waals surface area contributed by atoms with Gasteiger partial charge in [0.15, 0.2) is 0 Å². The minimum atomic E-state index is 0.259. The van der Waals surface area contributed by atoms with Crippen molar-refractivity contribution in [3.8, 4) is 17.0 Å². The summed E-state index contributed by atoms with van der Waals surface area (Å²) in [6.07, 6.45) is 2.14. The zero-order valence-corrected chi connectivity index (χ0v) is 14.4. The van der Waals surface area contributed by atoms with Gasteiger partial charge in [0.1, 0.15) is 5.75 Å². The highest BCUT2D eigenvalue weighted by molar-refractivity contribution is 5.63. The average Bonchev–Trinajstić information content (AvgIpc) is 3.10. The van der Waals surface area contributed by atoms with E-state index in [1.807, 2.05) is 30.5 Å². The zero-order valence-electron chi connectivity index (χ0n) is 14.4. The van der Waals surface area contributed by atoms with Crippen LogP contribution in [0.1, 0.15) is 12.5 Å². The number of H-pyrrole nitrogens is 1. The Morgan fingerprint density at radius 2 is 2.21 bits per heavy atom. The van der Waals surface area contributed by atoms with Gasteiger partial charge in [-0.05, 0) is 30.8 Å². The smallest absolute Gasteiger partial charge is 0.118 e. The van der Waals surface area contributed by atoms with Crippen LogP contribution in [0.15, 0.2) is 30.5 Å². The molecule has 1 unspecified atom stereocenters. The summed E-state index contributed by atoms with van der Waals surface area (Å²) >= 11 is 0. The van der Waals surface area contributed by atoms with E-state index in [2.05, 4.69) is 27.3 Å². The van der Waals surface area contributed by atoms with Crippen LogP contribution < -0.4 is 10.1 Å². The van der Waals surface area contributed by atoms with Crippen LogP contribution in [0.5, 0.6) is 5.75 Å². The Bertz CT molecular complexity index is 626. The van der Waals surface area contributed by atoms with Crippen molar-refractivity contribution in [1.82, 2.24) is 20.4 Å². The number of ether oxygens (including phenoxy) is 2. The van der Waals surface area contributed by atoms with E-state index in [0.29, 0.717) is 0 Å². The van der Waals surface area contributed by atoms with Crippen molar-refractivity contribution >= 4 is 0 Å². The van der Waals surface area contributed by atoms with Gasteiger partial charge >= 0.3 is 0 Å². The summed E-state index contributed by atoms with van der Waals surface area (Å²) in [7, 11) is 1.67. The number of morpholine rings is 1. The molecule has 2 N–H and O–H groups in total. The molecule has 130 valence electrons. The molecule has 0 bridgehead atoms. The molecule has 1 atom stereocenters. The molecule has 0 amide bonds. The zero-order chi connectivity index (χ0) is 16.8. The van der Waals surface area contributed by atoms with Crippen molar-refractivity contribution in [2.75, 3.05) is 39.9 Å². The maximum absolute atomic E-state index is 5.83. The van der Waals surface area contributed by atoms with Gasteiger partial charge in [-0.2, -0.15) is 5.10 Å². The van der Waals surface area contributed by atoms with E-state index in [1.165, 1.54) is 0 Å². The fourth-order valence-electron chi connectivity index (χ4n) is 3.01. The van der Waals surface area contributed by atoms with E-state index in [0.717, 1.165) is 61.9 Å². The molecule has 6 heteroatoms. The molecular formula is C18H26N4O2. The lowest BCUT2D eigenvalue weighted by molar-refractivity contribution is -0.0253. The largest absolute Gasteiger partial charge is 0.497 e. The molecule has 6 nitrogen and oxygen atoms in total. The minimum Gasteiger partial charge on any atom is -0.497 e. The molecule has 1 aromatic carbocycles. The average molecular weight is 330 g/mol. The molecule has 1 aromatic heterocycles. The summed E-state index contributed by atoms with van der Waals surface area (Å²) in [6, 6.07) is 8.00. The molecule has 1 saturated heterocycles. The normalized spacial score (nSPS) is 18.7. The Hall–Kier alpha value is -1.89. The molecule has 1 aliphatic rings. The van der Waals surface area contributed by atoms with Crippen molar-refractivity contribution in [3.05, 3.63) is 36.0 Å². The lowest BCUT2D eigenvalue weighted by Crippen LogP contribution is -2.46. The van der Waals surface area contributed by atoms with E-state index in [9.17, 15) is 0 Å². The molecule has 24 heavy (non-hydrogen) atoms. The quantitative estimate of drug-likeness (QED) is 0.812. The minimum absolute atomic E-state index is 0.259. The highest BCUT2D eigenvalue weighted by Crippen LogP contribution is 2.23. The Morgan fingerprint density at radius 3 is 2.96 bits per heavy atom. The number of rotatable bonds is 7. The fourth-order valence-corrected chi connectivity index (χ4v) is 3.01. The van der Waals surface area contributed by atoms with Crippen LogP contribution in [0.2, 0.25) is 0 Å². The second-order valence-corrected chi connectivity index (χ2v) is 6.02. The van der Waals surface area contributed by atoms with Gasteiger partial charge in [0.2, 0.25) is 0 Å². The van der Waals surface area contributed by atoms with Crippen LogP contribution in [-0.4, -0.2) is 61.1 Å². The van der Waals surface area contributed by atoms with Crippen LogP contribution in [0.25, 0.3) is 11.3 Å². The van der Waals surface area contributed by atoms with Gasteiger partial charge in [0.05, 0.1) is 31.7 Å². The van der Waals surface area contributed by atoms with Gasteiger partial charge in [0, 0.05) is 37.3 Å². The van der Waals surface area contributed by atoms with E-state index in [-0.39, 0.29) is 6.10 Å².